The van der Waals surface area contributed by atoms with Crippen molar-refractivity contribution in [3.8, 4) is 0 Å². The van der Waals surface area contributed by atoms with Gasteiger partial charge in [-0.3, -0.25) is 10.1 Å². The summed E-state index contributed by atoms with van der Waals surface area (Å²) in [7, 11) is 0. The van der Waals surface area contributed by atoms with Crippen molar-refractivity contribution in [3.05, 3.63) is 27.9 Å². The number of nitrogen functional groups attached to an aromatic ring is 1. The van der Waals surface area contributed by atoms with E-state index in [1.54, 1.807) is 13.0 Å². The van der Waals surface area contributed by atoms with Crippen LogP contribution < -0.4 is 5.73 Å². The predicted octanol–water partition coefficient (Wildman–Crippen LogP) is 1.91. The standard InChI is InChI=1S/C6H7N3O2.C2H6/c1-4-2-3-5(9(10)11)6(7)8-4;1-2/h2-3H,1H3,(H2,7,8);1-2H3. The number of nitrogens with two attached hydrogens (primary N) is 1. The zero-order valence-electron chi connectivity index (χ0n) is 7.94. The molecule has 0 unspecified atom stereocenters. The molecule has 0 spiro atoms. The molecule has 13 heavy (non-hydrogen) atoms. The molecule has 0 aromatic carbocycles. The van der Waals surface area contributed by atoms with Gasteiger partial charge in [0.15, 0.2) is 0 Å². The Hall–Kier alpha value is -1.65. The van der Waals surface area contributed by atoms with Crippen LogP contribution in [0.5, 0.6) is 0 Å². The second-order valence-corrected chi connectivity index (χ2v) is 2.11. The Morgan fingerprint density at radius 3 is 2.38 bits per heavy atom. The Bertz CT molecular complexity index is 299. The van der Waals surface area contributed by atoms with Gasteiger partial charge in [0.25, 0.3) is 0 Å². The van der Waals surface area contributed by atoms with Crippen LogP contribution in [0.25, 0.3) is 0 Å². The molecule has 1 aromatic rings. The molecule has 0 amide bonds. The summed E-state index contributed by atoms with van der Waals surface area (Å²) >= 11 is 0. The molecular weight excluding hydrogens is 170 g/mol. The lowest BCUT2D eigenvalue weighted by molar-refractivity contribution is -0.384. The van der Waals surface area contributed by atoms with Gasteiger partial charge in [0.2, 0.25) is 5.82 Å². The lowest BCUT2D eigenvalue weighted by atomic mass is 10.3. The summed E-state index contributed by atoms with van der Waals surface area (Å²) < 4.78 is 0. The first-order chi connectivity index (χ1) is 6.11. The third-order valence-electron chi connectivity index (χ3n) is 1.24. The summed E-state index contributed by atoms with van der Waals surface area (Å²) in [5.41, 5.74) is 5.80. The van der Waals surface area contributed by atoms with E-state index in [1.807, 2.05) is 13.8 Å². The van der Waals surface area contributed by atoms with E-state index in [-0.39, 0.29) is 11.5 Å². The molecule has 5 heteroatoms. The highest BCUT2D eigenvalue weighted by molar-refractivity contribution is 5.52. The van der Waals surface area contributed by atoms with E-state index < -0.39 is 4.92 Å². The molecule has 1 aromatic heterocycles. The largest absolute Gasteiger partial charge is 0.378 e. The summed E-state index contributed by atoms with van der Waals surface area (Å²) in [4.78, 5) is 13.4. The van der Waals surface area contributed by atoms with Crippen molar-refractivity contribution in [2.45, 2.75) is 20.8 Å². The summed E-state index contributed by atoms with van der Waals surface area (Å²) in [6, 6.07) is 2.90. The fraction of sp³-hybridized carbons (Fsp3) is 0.375. The SMILES string of the molecule is CC.Cc1ccc([N+](=O)[O-])c(N)n1. The second-order valence-electron chi connectivity index (χ2n) is 2.11. The Morgan fingerprint density at radius 1 is 1.46 bits per heavy atom. The number of rotatable bonds is 1. The minimum Gasteiger partial charge on any atom is -0.378 e. The zero-order valence-corrected chi connectivity index (χ0v) is 7.94. The Labute approximate surface area is 76.7 Å². The maximum Gasteiger partial charge on any atom is 0.311 e. The third-order valence-corrected chi connectivity index (χ3v) is 1.24. The summed E-state index contributed by atoms with van der Waals surface area (Å²) in [6.07, 6.45) is 0. The molecule has 1 heterocycles. The van der Waals surface area contributed by atoms with Crippen LogP contribution in [0.1, 0.15) is 19.5 Å². The number of hydrogen-bond acceptors (Lipinski definition) is 4. The Morgan fingerprint density at radius 2 is 2.00 bits per heavy atom. The molecule has 0 radical (unpaired) electrons. The average molecular weight is 183 g/mol. The second kappa shape index (κ2) is 5.08. The van der Waals surface area contributed by atoms with Crippen molar-refractivity contribution in [2.75, 3.05) is 5.73 Å². The molecule has 0 aliphatic heterocycles. The number of pyridine rings is 1. The molecule has 0 atom stereocenters. The van der Waals surface area contributed by atoms with Crippen molar-refractivity contribution in [3.63, 3.8) is 0 Å². The zero-order chi connectivity index (χ0) is 10.4. The first-order valence-corrected chi connectivity index (χ1v) is 3.99. The van der Waals surface area contributed by atoms with Crippen molar-refractivity contribution in [1.29, 1.82) is 0 Å². The van der Waals surface area contributed by atoms with Crippen molar-refractivity contribution in [1.82, 2.24) is 4.98 Å². The third kappa shape index (κ3) is 3.06. The number of anilines is 1. The summed E-state index contributed by atoms with van der Waals surface area (Å²) in [5.74, 6) is -0.0324. The van der Waals surface area contributed by atoms with Gasteiger partial charge in [-0.15, -0.1) is 0 Å². The van der Waals surface area contributed by atoms with Gasteiger partial charge in [-0.1, -0.05) is 13.8 Å². The lowest BCUT2D eigenvalue weighted by Crippen LogP contribution is -1.98. The maximum absolute atomic E-state index is 10.2. The van der Waals surface area contributed by atoms with E-state index in [0.717, 1.165) is 0 Å². The molecule has 0 saturated carbocycles. The van der Waals surface area contributed by atoms with E-state index in [1.165, 1.54) is 6.07 Å². The highest BCUT2D eigenvalue weighted by Crippen LogP contribution is 2.17. The van der Waals surface area contributed by atoms with E-state index in [9.17, 15) is 10.1 Å². The van der Waals surface area contributed by atoms with Crippen LogP contribution >= 0.6 is 0 Å². The average Bonchev–Trinajstić information content (AvgIpc) is 2.07. The maximum atomic E-state index is 10.2. The molecule has 5 nitrogen and oxygen atoms in total. The molecule has 0 fully saturated rings. The summed E-state index contributed by atoms with van der Waals surface area (Å²) in [6.45, 7) is 5.72. The van der Waals surface area contributed by atoms with Gasteiger partial charge in [-0.25, -0.2) is 4.98 Å². The molecule has 0 bridgehead atoms. The van der Waals surface area contributed by atoms with Crippen molar-refractivity contribution in [2.24, 2.45) is 0 Å². The number of hydrogen-bond donors (Lipinski definition) is 1. The normalized spacial score (nSPS) is 8.54. The predicted molar refractivity (Wildman–Crippen MR) is 51.4 cm³/mol. The molecule has 2 N–H and O–H groups in total. The molecule has 0 aliphatic carbocycles. The number of aryl methyl sites for hydroxylation is 1. The van der Waals surface area contributed by atoms with Gasteiger partial charge in [0.05, 0.1) is 4.92 Å². The molecule has 72 valence electrons. The van der Waals surface area contributed by atoms with Gasteiger partial charge >= 0.3 is 5.69 Å². The van der Waals surface area contributed by atoms with E-state index >= 15 is 0 Å². The van der Waals surface area contributed by atoms with Crippen molar-refractivity contribution < 1.29 is 4.92 Å². The quantitative estimate of drug-likeness (QED) is 0.532. The lowest BCUT2D eigenvalue weighted by Gasteiger charge is -1.95. The highest BCUT2D eigenvalue weighted by Gasteiger charge is 2.10. The van der Waals surface area contributed by atoms with Crippen LogP contribution in [-0.4, -0.2) is 9.91 Å². The number of aromatic nitrogens is 1. The highest BCUT2D eigenvalue weighted by atomic mass is 16.6. The first kappa shape index (κ1) is 11.4. The number of nitro groups is 1. The molecule has 0 saturated heterocycles. The molecule has 0 aliphatic rings. The van der Waals surface area contributed by atoms with Crippen LogP contribution in [0, 0.1) is 17.0 Å². The fourth-order valence-corrected chi connectivity index (χ4v) is 0.724. The van der Waals surface area contributed by atoms with Gasteiger partial charge in [-0.05, 0) is 13.0 Å². The smallest absolute Gasteiger partial charge is 0.311 e. The monoisotopic (exact) mass is 183 g/mol. The van der Waals surface area contributed by atoms with Gasteiger partial charge in [0, 0.05) is 11.8 Å². The van der Waals surface area contributed by atoms with Crippen LogP contribution in [0.2, 0.25) is 0 Å². The van der Waals surface area contributed by atoms with Crippen LogP contribution in [0.3, 0.4) is 0 Å². The van der Waals surface area contributed by atoms with E-state index in [2.05, 4.69) is 4.98 Å². The van der Waals surface area contributed by atoms with Crippen LogP contribution in [-0.2, 0) is 0 Å². The fourth-order valence-electron chi connectivity index (χ4n) is 0.724. The topological polar surface area (TPSA) is 82.0 Å². The van der Waals surface area contributed by atoms with E-state index in [0.29, 0.717) is 5.69 Å². The van der Waals surface area contributed by atoms with Gasteiger partial charge in [-0.2, -0.15) is 0 Å². The van der Waals surface area contributed by atoms with Crippen LogP contribution in [0.4, 0.5) is 11.5 Å². The van der Waals surface area contributed by atoms with Gasteiger partial charge in [0.1, 0.15) is 0 Å². The minimum absolute atomic E-state index is 0.0324. The Balaban J connectivity index is 0.000000671. The number of nitrogens with zero attached hydrogens (tertiary/aromatic N) is 2. The van der Waals surface area contributed by atoms with Crippen LogP contribution in [0.15, 0.2) is 12.1 Å². The first-order valence-electron chi connectivity index (χ1n) is 3.99. The Kier molecular flexibility index (Phi) is 4.43. The summed E-state index contributed by atoms with van der Waals surface area (Å²) in [5, 5.41) is 10.2. The molecule has 1 rings (SSSR count). The van der Waals surface area contributed by atoms with Gasteiger partial charge < -0.3 is 5.73 Å². The minimum atomic E-state index is -0.554. The van der Waals surface area contributed by atoms with E-state index in [4.69, 9.17) is 5.73 Å². The van der Waals surface area contributed by atoms with Crippen molar-refractivity contribution >= 4 is 11.5 Å². The molecular formula is C8H13N3O2.